The zero-order chi connectivity index (χ0) is 12.4. The summed E-state index contributed by atoms with van der Waals surface area (Å²) in [5, 5.41) is 8.92. The average molecular weight is 250 g/mol. The van der Waals surface area contributed by atoms with Gasteiger partial charge in [0.05, 0.1) is 11.2 Å². The largest absolute Gasteiger partial charge is 0.476 e. The number of carboxylic acids is 1. The minimum atomic E-state index is -1.19. The highest BCUT2D eigenvalue weighted by molar-refractivity contribution is 6.33. The van der Waals surface area contributed by atoms with E-state index in [0.29, 0.717) is 5.69 Å². The predicted molar refractivity (Wildman–Crippen MR) is 62.0 cm³/mol. The van der Waals surface area contributed by atoms with Gasteiger partial charge in [-0.2, -0.15) is 0 Å². The first-order valence-corrected chi connectivity index (χ1v) is 5.15. The third kappa shape index (κ3) is 2.24. The van der Waals surface area contributed by atoms with Crippen LogP contribution in [0.15, 0.2) is 24.5 Å². The van der Waals surface area contributed by atoms with Crippen LogP contribution < -0.4 is 0 Å². The fourth-order valence-corrected chi connectivity index (χ4v) is 1.52. The van der Waals surface area contributed by atoms with Crippen molar-refractivity contribution in [3.63, 3.8) is 0 Å². The second-order valence-corrected chi connectivity index (χ2v) is 3.77. The molecule has 6 heteroatoms. The molecule has 86 valence electrons. The van der Waals surface area contributed by atoms with Crippen molar-refractivity contribution in [2.75, 3.05) is 0 Å². The van der Waals surface area contributed by atoms with Gasteiger partial charge >= 0.3 is 5.97 Å². The number of aryl methyl sites for hydroxylation is 1. The van der Waals surface area contributed by atoms with Gasteiger partial charge in [-0.15, -0.1) is 0 Å². The highest BCUT2D eigenvalue weighted by Gasteiger charge is 2.14. The van der Waals surface area contributed by atoms with Gasteiger partial charge in [0.15, 0.2) is 11.5 Å². The molecular formula is C11H8ClN3O2. The molecule has 0 bridgehead atoms. The number of hydrogen-bond acceptors (Lipinski definition) is 4. The molecule has 2 rings (SSSR count). The molecule has 0 aliphatic rings. The SMILES string of the molecule is Cc1cccnc1-c1ncc(Cl)c(C(=O)O)n1. The number of rotatable bonds is 2. The van der Waals surface area contributed by atoms with Crippen LogP contribution in [0.5, 0.6) is 0 Å². The van der Waals surface area contributed by atoms with Crippen LogP contribution in [-0.2, 0) is 0 Å². The lowest BCUT2D eigenvalue weighted by Gasteiger charge is -2.04. The summed E-state index contributed by atoms with van der Waals surface area (Å²) in [6.45, 7) is 1.85. The highest BCUT2D eigenvalue weighted by Crippen LogP contribution is 2.19. The van der Waals surface area contributed by atoms with Gasteiger partial charge in [-0.3, -0.25) is 4.98 Å². The molecule has 0 spiro atoms. The molecule has 0 atom stereocenters. The lowest BCUT2D eigenvalue weighted by molar-refractivity contribution is 0.0690. The fourth-order valence-electron chi connectivity index (χ4n) is 1.35. The van der Waals surface area contributed by atoms with Crippen molar-refractivity contribution in [3.8, 4) is 11.5 Å². The minimum Gasteiger partial charge on any atom is -0.476 e. The lowest BCUT2D eigenvalue weighted by Crippen LogP contribution is -2.05. The summed E-state index contributed by atoms with van der Waals surface area (Å²) in [6, 6.07) is 3.63. The number of pyridine rings is 1. The number of nitrogens with zero attached hydrogens (tertiary/aromatic N) is 3. The Morgan fingerprint density at radius 2 is 2.18 bits per heavy atom. The molecule has 2 heterocycles. The molecule has 0 saturated heterocycles. The summed E-state index contributed by atoms with van der Waals surface area (Å²) in [6.07, 6.45) is 2.86. The molecule has 0 aliphatic carbocycles. The Morgan fingerprint density at radius 3 is 2.82 bits per heavy atom. The highest BCUT2D eigenvalue weighted by atomic mass is 35.5. The second-order valence-electron chi connectivity index (χ2n) is 3.36. The summed E-state index contributed by atoms with van der Waals surface area (Å²) in [4.78, 5) is 22.9. The molecule has 1 N–H and O–H groups in total. The number of hydrogen-bond donors (Lipinski definition) is 1. The molecule has 0 fully saturated rings. The third-order valence-electron chi connectivity index (χ3n) is 2.17. The Balaban J connectivity index is 2.58. The molecule has 17 heavy (non-hydrogen) atoms. The van der Waals surface area contributed by atoms with E-state index in [-0.39, 0.29) is 16.5 Å². The monoisotopic (exact) mass is 249 g/mol. The normalized spacial score (nSPS) is 10.2. The predicted octanol–water partition coefficient (Wildman–Crippen LogP) is 2.20. The first-order valence-electron chi connectivity index (χ1n) is 4.77. The van der Waals surface area contributed by atoms with Crippen LogP contribution >= 0.6 is 11.6 Å². The maximum Gasteiger partial charge on any atom is 0.356 e. The van der Waals surface area contributed by atoms with Gasteiger partial charge in [0.1, 0.15) is 5.69 Å². The van der Waals surface area contributed by atoms with E-state index in [9.17, 15) is 4.79 Å². The summed E-state index contributed by atoms with van der Waals surface area (Å²) in [7, 11) is 0. The van der Waals surface area contributed by atoms with Crippen LogP contribution in [0.1, 0.15) is 16.1 Å². The van der Waals surface area contributed by atoms with Crippen LogP contribution in [0, 0.1) is 6.92 Å². The van der Waals surface area contributed by atoms with Gasteiger partial charge in [0.25, 0.3) is 0 Å². The first kappa shape index (κ1) is 11.5. The van der Waals surface area contributed by atoms with E-state index in [1.807, 2.05) is 13.0 Å². The molecule has 0 saturated carbocycles. The van der Waals surface area contributed by atoms with Crippen molar-refractivity contribution in [2.45, 2.75) is 6.92 Å². The van der Waals surface area contributed by atoms with Crippen molar-refractivity contribution in [1.82, 2.24) is 15.0 Å². The van der Waals surface area contributed by atoms with E-state index < -0.39 is 5.97 Å². The summed E-state index contributed by atoms with van der Waals surface area (Å²) < 4.78 is 0. The van der Waals surface area contributed by atoms with Gasteiger partial charge in [0, 0.05) is 6.20 Å². The van der Waals surface area contributed by atoms with E-state index >= 15 is 0 Å². The van der Waals surface area contributed by atoms with E-state index in [2.05, 4.69) is 15.0 Å². The van der Waals surface area contributed by atoms with Gasteiger partial charge in [-0.05, 0) is 18.6 Å². The van der Waals surface area contributed by atoms with Gasteiger partial charge in [0.2, 0.25) is 0 Å². The Bertz CT molecular complexity index is 587. The smallest absolute Gasteiger partial charge is 0.356 e. The van der Waals surface area contributed by atoms with E-state index in [0.717, 1.165) is 5.56 Å². The fraction of sp³-hybridized carbons (Fsp3) is 0.0909. The van der Waals surface area contributed by atoms with Crippen molar-refractivity contribution in [1.29, 1.82) is 0 Å². The molecule has 0 aromatic carbocycles. The van der Waals surface area contributed by atoms with Crippen LogP contribution in [0.3, 0.4) is 0 Å². The summed E-state index contributed by atoms with van der Waals surface area (Å²) in [5.74, 6) is -0.933. The molecular weight excluding hydrogens is 242 g/mol. The maximum atomic E-state index is 10.9. The van der Waals surface area contributed by atoms with Crippen LogP contribution in [0.2, 0.25) is 5.02 Å². The molecule has 0 radical (unpaired) electrons. The number of carbonyl (C=O) groups is 1. The average Bonchev–Trinajstić information content (AvgIpc) is 2.30. The van der Waals surface area contributed by atoms with E-state index in [1.54, 1.807) is 12.3 Å². The minimum absolute atomic E-state index is 0.00911. The van der Waals surface area contributed by atoms with Crippen molar-refractivity contribution in [2.24, 2.45) is 0 Å². The van der Waals surface area contributed by atoms with Crippen molar-refractivity contribution < 1.29 is 9.90 Å². The van der Waals surface area contributed by atoms with Gasteiger partial charge in [-0.1, -0.05) is 17.7 Å². The van der Waals surface area contributed by atoms with E-state index in [4.69, 9.17) is 16.7 Å². The van der Waals surface area contributed by atoms with E-state index in [1.165, 1.54) is 6.20 Å². The lowest BCUT2D eigenvalue weighted by atomic mass is 10.2. The molecule has 2 aromatic rings. The standard InChI is InChI=1S/C11H8ClN3O2/c1-6-3-2-4-13-8(6)10-14-5-7(12)9(15-10)11(16)17/h2-5H,1H3,(H,16,17). The second kappa shape index (κ2) is 4.47. The van der Waals surface area contributed by atoms with Crippen LogP contribution in [-0.4, -0.2) is 26.0 Å². The maximum absolute atomic E-state index is 10.9. The quantitative estimate of drug-likeness (QED) is 0.883. The van der Waals surface area contributed by atoms with Crippen LogP contribution in [0.4, 0.5) is 0 Å². The molecule has 0 unspecified atom stereocenters. The number of aromatic nitrogens is 3. The van der Waals surface area contributed by atoms with Crippen molar-refractivity contribution in [3.05, 3.63) is 40.8 Å². The third-order valence-corrected chi connectivity index (χ3v) is 2.44. The van der Waals surface area contributed by atoms with Crippen LogP contribution in [0.25, 0.3) is 11.5 Å². The molecule has 2 aromatic heterocycles. The zero-order valence-electron chi connectivity index (χ0n) is 8.88. The van der Waals surface area contributed by atoms with Gasteiger partial charge < -0.3 is 5.11 Å². The van der Waals surface area contributed by atoms with Crippen molar-refractivity contribution >= 4 is 17.6 Å². The summed E-state index contributed by atoms with van der Waals surface area (Å²) in [5.41, 5.74) is 1.19. The molecule has 0 aliphatic heterocycles. The van der Waals surface area contributed by atoms with Gasteiger partial charge in [-0.25, -0.2) is 14.8 Å². The topological polar surface area (TPSA) is 76.0 Å². The number of aromatic carboxylic acids is 1. The summed E-state index contributed by atoms with van der Waals surface area (Å²) >= 11 is 5.69. The zero-order valence-corrected chi connectivity index (χ0v) is 9.64. The number of carboxylic acid groups (broad SMARTS) is 1. The Morgan fingerprint density at radius 1 is 1.41 bits per heavy atom. The Labute approximate surface area is 102 Å². The Kier molecular flexibility index (Phi) is 3.01. The number of halogens is 1. The molecule has 5 nitrogen and oxygen atoms in total. The first-order chi connectivity index (χ1) is 8.09. The molecule has 0 amide bonds. The Hall–Kier alpha value is -2.01.